The monoisotopic (exact) mass is 508 g/mol. The second kappa shape index (κ2) is 21.1. The van der Waals surface area contributed by atoms with Crippen LogP contribution in [0.4, 0.5) is 0 Å². The second-order valence-electron chi connectivity index (χ2n) is 7.64. The summed E-state index contributed by atoms with van der Waals surface area (Å²) in [6.07, 6.45) is 3.53. The van der Waals surface area contributed by atoms with Crippen molar-refractivity contribution in [3.05, 3.63) is 47.8 Å². The minimum atomic E-state index is 0.476. The minimum absolute atomic E-state index is 0.476. The molecule has 0 atom stereocenters. The van der Waals surface area contributed by atoms with Crippen LogP contribution in [0.3, 0.4) is 0 Å². The predicted molar refractivity (Wildman–Crippen MR) is 134 cm³/mol. The first-order chi connectivity index (χ1) is 17.8. The number of hydrogen-bond donors (Lipinski definition) is 0. The first-order valence-electron chi connectivity index (χ1n) is 12.2. The van der Waals surface area contributed by atoms with Crippen LogP contribution in [0.5, 0.6) is 0 Å². The zero-order chi connectivity index (χ0) is 25.5. The predicted octanol–water partition coefficient (Wildman–Crippen LogP) is 2.54. The number of nitrogens with zero attached hydrogens (tertiary/aromatic N) is 2. The van der Waals surface area contributed by atoms with Crippen molar-refractivity contribution in [2.45, 2.75) is 13.2 Å². The molecule has 2 aromatic rings. The summed E-state index contributed by atoms with van der Waals surface area (Å²) >= 11 is 0. The Labute approximate surface area is 214 Å². The fourth-order valence-electron chi connectivity index (χ4n) is 2.95. The van der Waals surface area contributed by atoms with Gasteiger partial charge in [0.15, 0.2) is 0 Å². The number of aromatic nitrogens is 2. The lowest BCUT2D eigenvalue weighted by atomic mass is 10.1. The van der Waals surface area contributed by atoms with E-state index in [1.54, 1.807) is 26.6 Å². The van der Waals surface area contributed by atoms with Gasteiger partial charge in [0, 0.05) is 26.6 Å². The van der Waals surface area contributed by atoms with Crippen LogP contribution < -0.4 is 0 Å². The second-order valence-corrected chi connectivity index (χ2v) is 7.64. The maximum absolute atomic E-state index is 5.72. The Bertz CT molecular complexity index is 731. The van der Waals surface area contributed by atoms with Gasteiger partial charge in [-0.05, 0) is 35.4 Å². The molecule has 0 aromatic carbocycles. The van der Waals surface area contributed by atoms with Crippen LogP contribution in [0.1, 0.15) is 11.1 Å². The molecule has 10 heteroatoms. The molecule has 0 unspecified atom stereocenters. The highest BCUT2D eigenvalue weighted by atomic mass is 16.6. The van der Waals surface area contributed by atoms with Gasteiger partial charge >= 0.3 is 0 Å². The van der Waals surface area contributed by atoms with Gasteiger partial charge in [-0.3, -0.25) is 9.97 Å². The molecule has 10 nitrogen and oxygen atoms in total. The Kier molecular flexibility index (Phi) is 17.7. The Morgan fingerprint density at radius 1 is 0.472 bits per heavy atom. The van der Waals surface area contributed by atoms with Gasteiger partial charge in [-0.25, -0.2) is 0 Å². The summed E-state index contributed by atoms with van der Waals surface area (Å²) in [5.74, 6) is 0. The van der Waals surface area contributed by atoms with Crippen molar-refractivity contribution in [3.63, 3.8) is 0 Å². The summed E-state index contributed by atoms with van der Waals surface area (Å²) in [5, 5.41) is 0. The zero-order valence-corrected chi connectivity index (χ0v) is 21.5. The molecule has 0 spiro atoms. The van der Waals surface area contributed by atoms with E-state index in [1.165, 1.54) is 0 Å². The fourth-order valence-corrected chi connectivity index (χ4v) is 2.95. The summed E-state index contributed by atoms with van der Waals surface area (Å²) in [4.78, 5) is 8.92. The molecule has 0 radical (unpaired) electrons. The maximum Gasteiger partial charge on any atom is 0.0889 e. The molecule has 0 N–H and O–H groups in total. The molecule has 2 aromatic heterocycles. The number of hydrogen-bond acceptors (Lipinski definition) is 10. The van der Waals surface area contributed by atoms with Crippen molar-refractivity contribution in [2.24, 2.45) is 0 Å². The highest BCUT2D eigenvalue weighted by molar-refractivity contribution is 5.55. The average Bonchev–Trinajstić information content (AvgIpc) is 2.91. The van der Waals surface area contributed by atoms with Gasteiger partial charge < -0.3 is 37.9 Å². The van der Waals surface area contributed by atoms with E-state index in [0.717, 1.165) is 22.5 Å². The van der Waals surface area contributed by atoms with Gasteiger partial charge in [0.1, 0.15) is 0 Å². The number of pyridine rings is 2. The third-order valence-corrected chi connectivity index (χ3v) is 4.80. The Morgan fingerprint density at radius 3 is 1.17 bits per heavy atom. The highest BCUT2D eigenvalue weighted by Crippen LogP contribution is 2.17. The largest absolute Gasteiger partial charge is 0.382 e. The third kappa shape index (κ3) is 14.5. The van der Waals surface area contributed by atoms with Gasteiger partial charge in [-0.1, -0.05) is 0 Å². The molecule has 0 fully saturated rings. The van der Waals surface area contributed by atoms with E-state index in [-0.39, 0.29) is 0 Å². The van der Waals surface area contributed by atoms with E-state index in [9.17, 15) is 0 Å². The molecule has 0 aliphatic heterocycles. The molecule has 0 bridgehead atoms. The van der Waals surface area contributed by atoms with Crippen molar-refractivity contribution in [1.29, 1.82) is 0 Å². The van der Waals surface area contributed by atoms with Crippen LogP contribution >= 0.6 is 0 Å². The topological polar surface area (TPSA) is 99.6 Å². The van der Waals surface area contributed by atoms with E-state index < -0.39 is 0 Å². The normalized spacial score (nSPS) is 11.3. The molecule has 0 aliphatic rings. The zero-order valence-electron chi connectivity index (χ0n) is 21.5. The van der Waals surface area contributed by atoms with Crippen LogP contribution in [0.2, 0.25) is 0 Å². The smallest absolute Gasteiger partial charge is 0.0889 e. The van der Waals surface area contributed by atoms with E-state index in [1.807, 2.05) is 24.3 Å². The van der Waals surface area contributed by atoms with Crippen LogP contribution in [0.25, 0.3) is 11.4 Å². The Balaban J connectivity index is 1.62. The average molecular weight is 509 g/mol. The van der Waals surface area contributed by atoms with Gasteiger partial charge in [-0.15, -0.1) is 0 Å². The number of rotatable bonds is 23. The molecule has 0 amide bonds. The summed E-state index contributed by atoms with van der Waals surface area (Å²) in [6, 6.07) is 7.84. The van der Waals surface area contributed by atoms with Gasteiger partial charge in [0.2, 0.25) is 0 Å². The molecular weight excluding hydrogens is 468 g/mol. The van der Waals surface area contributed by atoms with Crippen LogP contribution in [-0.2, 0) is 51.1 Å². The van der Waals surface area contributed by atoms with Gasteiger partial charge in [0.25, 0.3) is 0 Å². The summed E-state index contributed by atoms with van der Waals surface area (Å²) in [7, 11) is 3.30. The van der Waals surface area contributed by atoms with Crippen LogP contribution in [0, 0.1) is 0 Å². The van der Waals surface area contributed by atoms with Crippen LogP contribution in [0.15, 0.2) is 36.7 Å². The minimum Gasteiger partial charge on any atom is -0.382 e. The third-order valence-electron chi connectivity index (χ3n) is 4.80. The van der Waals surface area contributed by atoms with Crippen molar-refractivity contribution in [3.8, 4) is 11.4 Å². The van der Waals surface area contributed by atoms with E-state index >= 15 is 0 Å². The maximum atomic E-state index is 5.72. The quantitative estimate of drug-likeness (QED) is 0.208. The summed E-state index contributed by atoms with van der Waals surface area (Å²) in [6.45, 7) is 7.50. The fraction of sp³-hybridized carbons (Fsp3) is 0.615. The van der Waals surface area contributed by atoms with Crippen LogP contribution in [-0.4, -0.2) is 103 Å². The van der Waals surface area contributed by atoms with Crippen molar-refractivity contribution in [2.75, 3.05) is 93.5 Å². The van der Waals surface area contributed by atoms with Crippen molar-refractivity contribution < 1.29 is 37.9 Å². The van der Waals surface area contributed by atoms with E-state index in [4.69, 9.17) is 37.9 Å². The first kappa shape index (κ1) is 30.2. The van der Waals surface area contributed by atoms with Gasteiger partial charge in [0.05, 0.1) is 104 Å². The number of ether oxygens (including phenoxy) is 8. The van der Waals surface area contributed by atoms with Gasteiger partial charge in [-0.2, -0.15) is 0 Å². The molecule has 36 heavy (non-hydrogen) atoms. The molecule has 0 aliphatic carbocycles. The Morgan fingerprint density at radius 2 is 0.806 bits per heavy atom. The van der Waals surface area contributed by atoms with E-state index in [2.05, 4.69) is 9.97 Å². The summed E-state index contributed by atoms with van der Waals surface area (Å²) < 4.78 is 42.9. The molecule has 2 rings (SSSR count). The van der Waals surface area contributed by atoms with Crippen molar-refractivity contribution >= 4 is 0 Å². The molecule has 202 valence electrons. The standard InChI is InChI=1S/C26H40N2O8/c1-29-7-9-31-11-13-33-15-17-35-21-23-3-5-27-25(19-23)26-20-24(4-6-28-26)22-36-18-16-34-14-12-32-10-8-30-2/h3-6,19-20H,7-18,21-22H2,1-2H3. The lowest BCUT2D eigenvalue weighted by molar-refractivity contribution is 0.000851. The SMILES string of the molecule is COCCOCCOCCOCc1ccnc(-c2cc(COCCOCCOCCOC)ccn2)c1. The van der Waals surface area contributed by atoms with E-state index in [0.29, 0.717) is 92.5 Å². The number of methoxy groups -OCH3 is 2. The molecule has 0 saturated heterocycles. The lowest BCUT2D eigenvalue weighted by Gasteiger charge is -2.09. The Hall–Kier alpha value is -2.02. The van der Waals surface area contributed by atoms with Crippen molar-refractivity contribution in [1.82, 2.24) is 9.97 Å². The summed E-state index contributed by atoms with van der Waals surface area (Å²) in [5.41, 5.74) is 3.63. The molecular formula is C26H40N2O8. The highest BCUT2D eigenvalue weighted by Gasteiger charge is 2.05. The molecule has 0 saturated carbocycles. The molecule has 2 heterocycles. The lowest BCUT2D eigenvalue weighted by Crippen LogP contribution is -2.11. The first-order valence-corrected chi connectivity index (χ1v) is 12.2.